The van der Waals surface area contributed by atoms with Crippen LogP contribution < -0.4 is 0 Å². The largest absolute Gasteiger partial charge is 0.343 e. The van der Waals surface area contributed by atoms with Crippen molar-refractivity contribution in [3.8, 4) is 0 Å². The number of hydrogen-bond acceptors (Lipinski definition) is 3. The Morgan fingerprint density at radius 2 is 1.91 bits per heavy atom. The van der Waals surface area contributed by atoms with Gasteiger partial charge in [0.05, 0.1) is 13.1 Å². The van der Waals surface area contributed by atoms with E-state index in [-0.39, 0.29) is 5.91 Å². The quantitative estimate of drug-likeness (QED) is 0.860. The third-order valence-corrected chi connectivity index (χ3v) is 4.74. The monoisotopic (exact) mass is 299 g/mol. The Bertz CT molecular complexity index is 535. The maximum Gasteiger partial charge on any atom is 0.231 e. The lowest BCUT2D eigenvalue weighted by atomic mass is 9.94. The van der Waals surface area contributed by atoms with Crippen molar-refractivity contribution >= 4 is 11.9 Å². The second kappa shape index (κ2) is 6.95. The van der Waals surface area contributed by atoms with Crippen LogP contribution in [0.15, 0.2) is 35.3 Å². The number of rotatable bonds is 3. The molecule has 0 radical (unpaired) electrons. The molecule has 1 heterocycles. The van der Waals surface area contributed by atoms with Crippen molar-refractivity contribution < 1.29 is 4.79 Å². The van der Waals surface area contributed by atoms with Crippen molar-refractivity contribution in [2.75, 3.05) is 13.6 Å². The van der Waals surface area contributed by atoms with E-state index in [0.29, 0.717) is 25.6 Å². The molecule has 4 nitrogen and oxygen atoms in total. The molecule has 0 N–H and O–H groups in total. The van der Waals surface area contributed by atoms with E-state index in [2.05, 4.69) is 29.1 Å². The van der Waals surface area contributed by atoms with Gasteiger partial charge in [-0.2, -0.15) is 0 Å². The van der Waals surface area contributed by atoms with Crippen molar-refractivity contribution in [2.45, 2.75) is 51.1 Å². The SMILES string of the molecule is CN(C1=NCCC(=O)N1Cc1ccccc1)C1CCCCC1. The van der Waals surface area contributed by atoms with Crippen LogP contribution in [-0.4, -0.2) is 41.3 Å². The number of benzene rings is 1. The van der Waals surface area contributed by atoms with Gasteiger partial charge in [-0.05, 0) is 18.4 Å². The van der Waals surface area contributed by atoms with Crippen LogP contribution in [0.4, 0.5) is 0 Å². The molecule has 1 aromatic carbocycles. The van der Waals surface area contributed by atoms with Crippen LogP contribution in [0.3, 0.4) is 0 Å². The van der Waals surface area contributed by atoms with E-state index in [0.717, 1.165) is 11.5 Å². The summed E-state index contributed by atoms with van der Waals surface area (Å²) in [6.07, 6.45) is 6.86. The van der Waals surface area contributed by atoms with Crippen molar-refractivity contribution in [3.63, 3.8) is 0 Å². The lowest BCUT2D eigenvalue weighted by Crippen LogP contribution is -2.51. The van der Waals surface area contributed by atoms with Crippen molar-refractivity contribution in [1.29, 1.82) is 0 Å². The predicted octanol–water partition coefficient (Wildman–Crippen LogP) is 3.04. The Morgan fingerprint density at radius 1 is 1.18 bits per heavy atom. The first-order valence-electron chi connectivity index (χ1n) is 8.37. The van der Waals surface area contributed by atoms with Gasteiger partial charge in [0.25, 0.3) is 0 Å². The number of carbonyl (C=O) groups is 1. The Kier molecular flexibility index (Phi) is 4.76. The molecule has 3 rings (SSSR count). The fraction of sp³-hybridized carbons (Fsp3) is 0.556. The minimum absolute atomic E-state index is 0.191. The first-order valence-corrected chi connectivity index (χ1v) is 8.37. The maximum atomic E-state index is 12.4. The van der Waals surface area contributed by atoms with Gasteiger partial charge in [0, 0.05) is 19.5 Å². The molecule has 22 heavy (non-hydrogen) atoms. The lowest BCUT2D eigenvalue weighted by Gasteiger charge is -2.39. The summed E-state index contributed by atoms with van der Waals surface area (Å²) in [5.41, 5.74) is 1.16. The molecular weight excluding hydrogens is 274 g/mol. The van der Waals surface area contributed by atoms with E-state index in [4.69, 9.17) is 0 Å². The third kappa shape index (κ3) is 3.32. The number of aliphatic imine (C=N–C) groups is 1. The summed E-state index contributed by atoms with van der Waals surface area (Å²) < 4.78 is 0. The molecule has 0 bridgehead atoms. The van der Waals surface area contributed by atoms with Crippen molar-refractivity contribution in [3.05, 3.63) is 35.9 Å². The van der Waals surface area contributed by atoms with E-state index in [9.17, 15) is 4.79 Å². The summed E-state index contributed by atoms with van der Waals surface area (Å²) in [6.45, 7) is 1.24. The van der Waals surface area contributed by atoms with Crippen molar-refractivity contribution in [2.24, 2.45) is 4.99 Å². The average Bonchev–Trinajstić information content (AvgIpc) is 2.58. The second-order valence-corrected chi connectivity index (χ2v) is 6.30. The average molecular weight is 299 g/mol. The number of carbonyl (C=O) groups excluding carboxylic acids is 1. The van der Waals surface area contributed by atoms with Gasteiger partial charge in [-0.15, -0.1) is 0 Å². The number of amides is 1. The van der Waals surface area contributed by atoms with Gasteiger partial charge in [-0.25, -0.2) is 0 Å². The highest BCUT2D eigenvalue weighted by molar-refractivity contribution is 5.98. The lowest BCUT2D eigenvalue weighted by molar-refractivity contribution is -0.128. The summed E-state index contributed by atoms with van der Waals surface area (Å²) in [7, 11) is 2.10. The zero-order chi connectivity index (χ0) is 15.4. The van der Waals surface area contributed by atoms with E-state index >= 15 is 0 Å². The molecule has 4 heteroatoms. The summed E-state index contributed by atoms with van der Waals surface area (Å²) in [5, 5.41) is 0. The van der Waals surface area contributed by atoms with Crippen LogP contribution in [0.2, 0.25) is 0 Å². The van der Waals surface area contributed by atoms with Gasteiger partial charge in [-0.3, -0.25) is 14.7 Å². The standard InChI is InChI=1S/C18H25N3O/c1-20(16-10-6-3-7-11-16)18-19-13-12-17(22)21(18)14-15-8-4-2-5-9-15/h2,4-5,8-9,16H,3,6-7,10-14H2,1H3. The van der Waals surface area contributed by atoms with E-state index in [1.807, 2.05) is 23.1 Å². The Hall–Kier alpha value is -1.84. The fourth-order valence-corrected chi connectivity index (χ4v) is 3.44. The molecule has 1 amide bonds. The molecule has 0 spiro atoms. The zero-order valence-corrected chi connectivity index (χ0v) is 13.4. The first-order chi connectivity index (χ1) is 10.8. The highest BCUT2D eigenvalue weighted by atomic mass is 16.2. The second-order valence-electron chi connectivity index (χ2n) is 6.30. The highest BCUT2D eigenvalue weighted by Crippen LogP contribution is 2.24. The molecule has 0 saturated heterocycles. The zero-order valence-electron chi connectivity index (χ0n) is 13.4. The summed E-state index contributed by atoms with van der Waals surface area (Å²) in [6, 6.07) is 10.7. The Balaban J connectivity index is 1.77. The number of nitrogens with zero attached hydrogens (tertiary/aromatic N) is 3. The minimum atomic E-state index is 0.191. The number of hydrogen-bond donors (Lipinski definition) is 0. The normalized spacial score (nSPS) is 20.0. The Morgan fingerprint density at radius 3 is 2.64 bits per heavy atom. The van der Waals surface area contributed by atoms with Crippen LogP contribution in [0.1, 0.15) is 44.1 Å². The molecule has 1 aliphatic carbocycles. The molecule has 1 aliphatic heterocycles. The third-order valence-electron chi connectivity index (χ3n) is 4.74. The maximum absolute atomic E-state index is 12.4. The first kappa shape index (κ1) is 15.1. The fourth-order valence-electron chi connectivity index (χ4n) is 3.44. The van der Waals surface area contributed by atoms with Crippen molar-refractivity contribution in [1.82, 2.24) is 9.80 Å². The van der Waals surface area contributed by atoms with Gasteiger partial charge in [-0.1, -0.05) is 49.6 Å². The molecule has 0 unspecified atom stereocenters. The molecule has 1 aromatic rings. The number of guanidine groups is 1. The van der Waals surface area contributed by atoms with Gasteiger partial charge < -0.3 is 4.90 Å². The summed E-state index contributed by atoms with van der Waals surface area (Å²) >= 11 is 0. The molecule has 0 atom stereocenters. The van der Waals surface area contributed by atoms with Gasteiger partial charge >= 0.3 is 0 Å². The minimum Gasteiger partial charge on any atom is -0.343 e. The van der Waals surface area contributed by atoms with Crippen LogP contribution in [0.5, 0.6) is 0 Å². The molecule has 118 valence electrons. The van der Waals surface area contributed by atoms with Crippen LogP contribution in [-0.2, 0) is 11.3 Å². The Labute approximate surface area is 132 Å². The smallest absolute Gasteiger partial charge is 0.231 e. The van der Waals surface area contributed by atoms with E-state index < -0.39 is 0 Å². The van der Waals surface area contributed by atoms with Gasteiger partial charge in [0.15, 0.2) is 0 Å². The van der Waals surface area contributed by atoms with Crippen LogP contribution >= 0.6 is 0 Å². The van der Waals surface area contributed by atoms with Crippen LogP contribution in [0.25, 0.3) is 0 Å². The van der Waals surface area contributed by atoms with Gasteiger partial charge in [0.1, 0.15) is 0 Å². The van der Waals surface area contributed by atoms with E-state index in [1.165, 1.54) is 32.1 Å². The summed E-state index contributed by atoms with van der Waals surface area (Å²) in [4.78, 5) is 21.2. The van der Waals surface area contributed by atoms with Crippen LogP contribution in [0, 0.1) is 0 Å². The molecule has 0 aromatic heterocycles. The highest BCUT2D eigenvalue weighted by Gasteiger charge is 2.30. The summed E-state index contributed by atoms with van der Waals surface area (Å²) in [5.74, 6) is 1.06. The molecular formula is C18H25N3O. The molecule has 1 fully saturated rings. The predicted molar refractivity (Wildman–Crippen MR) is 88.5 cm³/mol. The topological polar surface area (TPSA) is 35.9 Å². The van der Waals surface area contributed by atoms with E-state index in [1.54, 1.807) is 0 Å². The molecule has 1 saturated carbocycles. The van der Waals surface area contributed by atoms with Gasteiger partial charge in [0.2, 0.25) is 11.9 Å². The molecule has 2 aliphatic rings.